The largest absolute Gasteiger partial charge is 0.419 e. The summed E-state index contributed by atoms with van der Waals surface area (Å²) >= 11 is 0. The van der Waals surface area contributed by atoms with Crippen molar-refractivity contribution >= 4 is 5.69 Å². The highest BCUT2D eigenvalue weighted by Gasteiger charge is 2.34. The molecule has 1 nitrogen and oxygen atoms in total. The van der Waals surface area contributed by atoms with Gasteiger partial charge in [-0.2, -0.15) is 13.2 Å². The quantitative estimate of drug-likeness (QED) is 0.816. The second-order valence-electron chi connectivity index (χ2n) is 5.17. The van der Waals surface area contributed by atoms with Gasteiger partial charge in [0.25, 0.3) is 0 Å². The van der Waals surface area contributed by atoms with Crippen molar-refractivity contribution < 1.29 is 17.6 Å². The van der Waals surface area contributed by atoms with E-state index in [0.717, 1.165) is 18.6 Å². The molecular formula is C16H13F4N. The number of hydrogen-bond acceptors (Lipinski definition) is 1. The van der Waals surface area contributed by atoms with Gasteiger partial charge in [-0.3, -0.25) is 0 Å². The maximum atomic E-state index is 13.2. The maximum absolute atomic E-state index is 13.2. The molecule has 0 saturated heterocycles. The lowest BCUT2D eigenvalue weighted by molar-refractivity contribution is -0.139. The van der Waals surface area contributed by atoms with E-state index in [4.69, 9.17) is 0 Å². The van der Waals surface area contributed by atoms with Crippen LogP contribution in [0.5, 0.6) is 0 Å². The van der Waals surface area contributed by atoms with Gasteiger partial charge in [-0.25, -0.2) is 4.39 Å². The highest BCUT2D eigenvalue weighted by atomic mass is 19.4. The molecule has 0 spiro atoms. The first-order valence-electron chi connectivity index (χ1n) is 6.63. The Bertz CT molecular complexity index is 664. The smallest absolute Gasteiger partial charge is 0.384 e. The molecule has 1 aliphatic rings. The van der Waals surface area contributed by atoms with E-state index in [1.807, 2.05) is 24.3 Å². The van der Waals surface area contributed by atoms with E-state index in [9.17, 15) is 17.6 Å². The highest BCUT2D eigenvalue weighted by Crippen LogP contribution is 2.36. The van der Waals surface area contributed by atoms with Gasteiger partial charge in [-0.1, -0.05) is 24.3 Å². The Balaban J connectivity index is 1.70. The standard InChI is InChI=1S/C16H13F4N/c17-15-6-5-12(8-14(15)16(18,19)20)21-9-11-7-10-3-1-2-4-13(10)11/h1-6,8,11,21H,7,9H2. The molecule has 2 aromatic rings. The molecule has 110 valence electrons. The van der Waals surface area contributed by atoms with Crippen LogP contribution in [0.3, 0.4) is 0 Å². The number of anilines is 1. The number of rotatable bonds is 3. The molecule has 0 heterocycles. The molecule has 1 aliphatic carbocycles. The molecule has 0 saturated carbocycles. The molecule has 1 atom stereocenters. The Morgan fingerprint density at radius 1 is 1.10 bits per heavy atom. The van der Waals surface area contributed by atoms with Crippen molar-refractivity contribution in [2.24, 2.45) is 0 Å². The minimum atomic E-state index is -4.68. The van der Waals surface area contributed by atoms with E-state index < -0.39 is 17.6 Å². The van der Waals surface area contributed by atoms with E-state index in [1.54, 1.807) is 0 Å². The molecule has 2 aromatic carbocycles. The second-order valence-corrected chi connectivity index (χ2v) is 5.17. The summed E-state index contributed by atoms with van der Waals surface area (Å²) in [6.07, 6.45) is -3.76. The SMILES string of the molecule is Fc1ccc(NCC2Cc3ccccc32)cc1C(F)(F)F. The number of alkyl halides is 3. The van der Waals surface area contributed by atoms with Crippen LogP contribution in [0.25, 0.3) is 0 Å². The molecular weight excluding hydrogens is 282 g/mol. The molecule has 5 heteroatoms. The topological polar surface area (TPSA) is 12.0 Å². The van der Waals surface area contributed by atoms with E-state index in [0.29, 0.717) is 12.5 Å². The Hall–Kier alpha value is -2.04. The van der Waals surface area contributed by atoms with Gasteiger partial charge < -0.3 is 5.32 Å². The summed E-state index contributed by atoms with van der Waals surface area (Å²) in [7, 11) is 0. The Morgan fingerprint density at radius 3 is 2.57 bits per heavy atom. The van der Waals surface area contributed by atoms with E-state index in [2.05, 4.69) is 5.32 Å². The molecule has 3 rings (SSSR count). The average molecular weight is 295 g/mol. The molecule has 0 bridgehead atoms. The lowest BCUT2D eigenvalue weighted by Gasteiger charge is -2.30. The van der Waals surface area contributed by atoms with Crippen molar-refractivity contribution in [1.29, 1.82) is 0 Å². The third-order valence-corrected chi connectivity index (χ3v) is 3.79. The van der Waals surface area contributed by atoms with Crippen molar-refractivity contribution in [2.75, 3.05) is 11.9 Å². The lowest BCUT2D eigenvalue weighted by Crippen LogP contribution is -2.24. The summed E-state index contributed by atoms with van der Waals surface area (Å²) in [5.74, 6) is -0.956. The lowest BCUT2D eigenvalue weighted by atomic mass is 9.77. The minimum Gasteiger partial charge on any atom is -0.384 e. The van der Waals surface area contributed by atoms with Gasteiger partial charge in [-0.05, 0) is 35.7 Å². The van der Waals surface area contributed by atoms with Gasteiger partial charge >= 0.3 is 6.18 Å². The van der Waals surface area contributed by atoms with Gasteiger partial charge in [0, 0.05) is 18.2 Å². The number of fused-ring (bicyclic) bond motifs is 1. The summed E-state index contributed by atoms with van der Waals surface area (Å²) < 4.78 is 51.1. The normalized spacial score (nSPS) is 17.0. The molecule has 1 unspecified atom stereocenters. The zero-order valence-electron chi connectivity index (χ0n) is 11.0. The van der Waals surface area contributed by atoms with Gasteiger partial charge in [0.1, 0.15) is 5.82 Å². The molecule has 0 amide bonds. The van der Waals surface area contributed by atoms with Gasteiger partial charge in [0.2, 0.25) is 0 Å². The number of nitrogens with one attached hydrogen (secondary N) is 1. The zero-order valence-corrected chi connectivity index (χ0v) is 11.0. The third-order valence-electron chi connectivity index (χ3n) is 3.79. The summed E-state index contributed by atoms with van der Waals surface area (Å²) in [5.41, 5.74) is 1.55. The number of hydrogen-bond donors (Lipinski definition) is 1. The van der Waals surface area contributed by atoms with Crippen molar-refractivity contribution in [3.05, 3.63) is 65.0 Å². The fourth-order valence-electron chi connectivity index (χ4n) is 2.64. The average Bonchev–Trinajstić information content (AvgIpc) is 2.40. The number of benzene rings is 2. The predicted molar refractivity (Wildman–Crippen MR) is 72.8 cm³/mol. The molecule has 21 heavy (non-hydrogen) atoms. The van der Waals surface area contributed by atoms with Crippen LogP contribution in [0.2, 0.25) is 0 Å². The van der Waals surface area contributed by atoms with E-state index in [-0.39, 0.29) is 5.69 Å². The first-order chi connectivity index (χ1) is 9.95. The summed E-state index contributed by atoms with van der Waals surface area (Å²) in [6, 6.07) is 11.0. The predicted octanol–water partition coefficient (Wildman–Crippen LogP) is 4.60. The van der Waals surface area contributed by atoms with Crippen LogP contribution in [0, 0.1) is 5.82 Å². The van der Waals surface area contributed by atoms with Gasteiger partial charge in [0.15, 0.2) is 0 Å². The Morgan fingerprint density at radius 2 is 1.86 bits per heavy atom. The first kappa shape index (κ1) is 13.9. The number of halogens is 4. The highest BCUT2D eigenvalue weighted by molar-refractivity contribution is 5.49. The van der Waals surface area contributed by atoms with E-state index >= 15 is 0 Å². The van der Waals surface area contributed by atoms with Crippen LogP contribution >= 0.6 is 0 Å². The maximum Gasteiger partial charge on any atom is 0.419 e. The first-order valence-corrected chi connectivity index (χ1v) is 6.63. The van der Waals surface area contributed by atoms with Gasteiger partial charge in [0.05, 0.1) is 5.56 Å². The zero-order chi connectivity index (χ0) is 15.0. The fourth-order valence-corrected chi connectivity index (χ4v) is 2.64. The van der Waals surface area contributed by atoms with Crippen LogP contribution in [0.15, 0.2) is 42.5 Å². The van der Waals surface area contributed by atoms with Crippen LogP contribution < -0.4 is 5.32 Å². The van der Waals surface area contributed by atoms with Crippen LogP contribution in [-0.2, 0) is 12.6 Å². The molecule has 0 aromatic heterocycles. The monoisotopic (exact) mass is 295 g/mol. The van der Waals surface area contributed by atoms with Crippen LogP contribution in [0.1, 0.15) is 22.6 Å². The Kier molecular flexibility index (Phi) is 3.35. The van der Waals surface area contributed by atoms with Crippen molar-refractivity contribution in [2.45, 2.75) is 18.5 Å². The Labute approximate surface area is 119 Å². The van der Waals surface area contributed by atoms with Crippen molar-refractivity contribution in [3.63, 3.8) is 0 Å². The van der Waals surface area contributed by atoms with Gasteiger partial charge in [-0.15, -0.1) is 0 Å². The van der Waals surface area contributed by atoms with E-state index in [1.165, 1.54) is 17.2 Å². The molecule has 0 radical (unpaired) electrons. The van der Waals surface area contributed by atoms with Crippen LogP contribution in [0.4, 0.5) is 23.2 Å². The molecule has 0 fully saturated rings. The van der Waals surface area contributed by atoms with Crippen molar-refractivity contribution in [1.82, 2.24) is 0 Å². The van der Waals surface area contributed by atoms with Crippen molar-refractivity contribution in [3.8, 4) is 0 Å². The van der Waals surface area contributed by atoms with Crippen LogP contribution in [-0.4, -0.2) is 6.54 Å². The summed E-state index contributed by atoms with van der Waals surface area (Å²) in [5, 5.41) is 2.96. The minimum absolute atomic E-state index is 0.285. The summed E-state index contributed by atoms with van der Waals surface area (Å²) in [4.78, 5) is 0. The summed E-state index contributed by atoms with van der Waals surface area (Å²) in [6.45, 7) is 0.542. The third kappa shape index (κ3) is 2.73. The second kappa shape index (κ2) is 5.06. The molecule has 1 N–H and O–H groups in total. The molecule has 0 aliphatic heterocycles. The fraction of sp³-hybridized carbons (Fsp3) is 0.250.